The van der Waals surface area contributed by atoms with Crippen LogP contribution in [0.5, 0.6) is 0 Å². The molecule has 0 aliphatic rings. The molecule has 6 N–H and O–H groups in total. The Balaban J connectivity index is 1.66. The van der Waals surface area contributed by atoms with Crippen LogP contribution < -0.4 is 16.6 Å². The van der Waals surface area contributed by atoms with Crippen molar-refractivity contribution in [1.82, 2.24) is 15.3 Å². The van der Waals surface area contributed by atoms with Gasteiger partial charge in [-0.3, -0.25) is 19.4 Å². The lowest BCUT2D eigenvalue weighted by Gasteiger charge is -2.14. The van der Waals surface area contributed by atoms with Gasteiger partial charge in [0, 0.05) is 17.9 Å². The number of H-pyrrole nitrogens is 1. The van der Waals surface area contributed by atoms with Gasteiger partial charge in [-0.1, -0.05) is 19.1 Å². The van der Waals surface area contributed by atoms with E-state index in [9.17, 15) is 19.2 Å². The second-order valence-corrected chi connectivity index (χ2v) is 7.42. The number of aromatic nitrogens is 2. The van der Waals surface area contributed by atoms with Crippen molar-refractivity contribution in [3.05, 3.63) is 57.6 Å². The highest BCUT2D eigenvalue weighted by Crippen LogP contribution is 2.25. The molecule has 11 nitrogen and oxygen atoms in total. The van der Waals surface area contributed by atoms with Crippen LogP contribution in [0.3, 0.4) is 0 Å². The number of fused-ring (bicyclic) bond motifs is 1. The molecule has 0 spiro atoms. The van der Waals surface area contributed by atoms with E-state index in [1.807, 2.05) is 6.92 Å². The molecule has 1 amide bonds. The number of benzene rings is 1. The highest BCUT2D eigenvalue weighted by atomic mass is 16.4. The molecule has 1 aromatic carbocycles. The largest absolute Gasteiger partial charge is 0.481 e. The zero-order valence-electron chi connectivity index (χ0n) is 17.1. The minimum atomic E-state index is -1.30. The number of nitrogens with two attached hydrogens (primary N) is 1. The third-order valence-corrected chi connectivity index (χ3v) is 4.93. The van der Waals surface area contributed by atoms with Crippen molar-refractivity contribution < 1.29 is 29.0 Å². The topological polar surface area (TPSA) is 189 Å². The fourth-order valence-electron chi connectivity index (χ4n) is 3.22. The van der Waals surface area contributed by atoms with E-state index in [4.69, 9.17) is 20.4 Å². The van der Waals surface area contributed by atoms with Gasteiger partial charge in [-0.2, -0.15) is 4.98 Å². The number of carbonyl (C=O) groups is 3. The lowest BCUT2D eigenvalue weighted by atomic mass is 9.97. The zero-order chi connectivity index (χ0) is 23.4. The van der Waals surface area contributed by atoms with Crippen LogP contribution in [0.15, 0.2) is 39.5 Å². The van der Waals surface area contributed by atoms with Gasteiger partial charge in [-0.15, -0.1) is 0 Å². The Bertz CT molecular complexity index is 1210. The smallest absolute Gasteiger partial charge is 0.326 e. The van der Waals surface area contributed by atoms with Gasteiger partial charge >= 0.3 is 11.9 Å². The molecule has 0 saturated heterocycles. The lowest BCUT2D eigenvalue weighted by Crippen LogP contribution is -2.41. The van der Waals surface area contributed by atoms with E-state index in [0.29, 0.717) is 17.6 Å². The first-order chi connectivity index (χ1) is 15.1. The maximum Gasteiger partial charge on any atom is 0.326 e. The summed E-state index contributed by atoms with van der Waals surface area (Å²) in [5.74, 6) is -2.62. The summed E-state index contributed by atoms with van der Waals surface area (Å²) in [6.45, 7) is 1.91. The average Bonchev–Trinajstić information content (AvgIpc) is 3.15. The van der Waals surface area contributed by atoms with Gasteiger partial charge in [-0.25, -0.2) is 4.79 Å². The van der Waals surface area contributed by atoms with Crippen LogP contribution in [-0.4, -0.2) is 44.1 Å². The number of carboxylic acids is 2. The molecule has 0 saturated carbocycles. The van der Waals surface area contributed by atoms with E-state index in [-0.39, 0.29) is 41.5 Å². The number of furan rings is 1. The highest BCUT2D eigenvalue weighted by molar-refractivity contribution is 5.96. The van der Waals surface area contributed by atoms with Crippen LogP contribution >= 0.6 is 0 Å². The van der Waals surface area contributed by atoms with Gasteiger partial charge in [0.15, 0.2) is 0 Å². The van der Waals surface area contributed by atoms with Gasteiger partial charge < -0.3 is 25.7 Å². The Kier molecular flexibility index (Phi) is 6.57. The monoisotopic (exact) mass is 442 g/mol. The number of nitrogens with one attached hydrogen (secondary N) is 2. The molecule has 0 aliphatic carbocycles. The SMILES string of the molecule is CC(Cc1ccc(C(=O)N[C@@H](CCC(=O)O)C(=O)O)cc1)c1cc2c(=O)[nH]c(N)nc2o1. The summed E-state index contributed by atoms with van der Waals surface area (Å²) < 4.78 is 5.66. The maximum atomic E-state index is 12.3. The number of aliphatic carboxylic acids is 2. The number of nitrogens with zero attached hydrogens (tertiary/aromatic N) is 1. The molecular formula is C21H22N4O7. The number of carboxylic acid groups (broad SMARTS) is 2. The van der Waals surface area contributed by atoms with Crippen LogP contribution in [0.4, 0.5) is 5.95 Å². The number of anilines is 1. The van der Waals surface area contributed by atoms with Crippen molar-refractivity contribution in [2.75, 3.05) is 5.73 Å². The van der Waals surface area contributed by atoms with Gasteiger partial charge in [0.25, 0.3) is 11.5 Å². The number of amides is 1. The highest BCUT2D eigenvalue weighted by Gasteiger charge is 2.22. The van der Waals surface area contributed by atoms with E-state index in [1.54, 1.807) is 30.3 Å². The number of rotatable bonds is 9. The molecule has 1 unspecified atom stereocenters. The second-order valence-electron chi connectivity index (χ2n) is 7.42. The summed E-state index contributed by atoms with van der Waals surface area (Å²) in [4.78, 5) is 52.6. The molecule has 3 rings (SSSR count). The fourth-order valence-corrected chi connectivity index (χ4v) is 3.22. The molecule has 2 atom stereocenters. The lowest BCUT2D eigenvalue weighted by molar-refractivity contribution is -0.140. The summed E-state index contributed by atoms with van der Waals surface area (Å²) in [5, 5.41) is 20.5. The van der Waals surface area contributed by atoms with E-state index in [1.165, 1.54) is 0 Å². The van der Waals surface area contributed by atoms with E-state index in [2.05, 4.69) is 15.3 Å². The molecule has 0 fully saturated rings. The zero-order valence-corrected chi connectivity index (χ0v) is 17.1. The molecule has 168 valence electrons. The van der Waals surface area contributed by atoms with Crippen LogP contribution in [0.1, 0.15) is 47.4 Å². The molecular weight excluding hydrogens is 420 g/mol. The predicted molar refractivity (Wildman–Crippen MR) is 113 cm³/mol. The average molecular weight is 442 g/mol. The molecule has 32 heavy (non-hydrogen) atoms. The maximum absolute atomic E-state index is 12.3. The summed E-state index contributed by atoms with van der Waals surface area (Å²) >= 11 is 0. The van der Waals surface area contributed by atoms with Crippen LogP contribution in [0, 0.1) is 0 Å². The van der Waals surface area contributed by atoms with Crippen molar-refractivity contribution in [2.24, 2.45) is 0 Å². The van der Waals surface area contributed by atoms with Gasteiger partial charge in [0.2, 0.25) is 11.7 Å². The Morgan fingerprint density at radius 3 is 2.53 bits per heavy atom. The Labute approximate surface area is 181 Å². The second kappa shape index (κ2) is 9.33. The molecule has 0 radical (unpaired) electrons. The Hall–Kier alpha value is -4.15. The number of hydrogen-bond donors (Lipinski definition) is 5. The number of hydrogen-bond acceptors (Lipinski definition) is 7. The molecule has 0 bridgehead atoms. The third-order valence-electron chi connectivity index (χ3n) is 4.93. The molecule has 2 aromatic heterocycles. The quantitative estimate of drug-likeness (QED) is 0.327. The predicted octanol–water partition coefficient (Wildman–Crippen LogP) is 1.49. The Morgan fingerprint density at radius 2 is 1.91 bits per heavy atom. The standard InChI is InChI=1S/C21H22N4O7/c1-10(15-9-13-18(29)24-21(22)25-19(13)32-15)8-11-2-4-12(5-3-11)17(28)23-14(20(30)31)6-7-16(26)27/h2-5,9-10,14H,6-8H2,1H3,(H,23,28)(H,26,27)(H,30,31)(H3,22,24,25,29)/t10?,14-/m0/s1. The number of carbonyl (C=O) groups excluding carboxylic acids is 1. The molecule has 3 aromatic rings. The first kappa shape index (κ1) is 22.5. The normalized spacial score (nSPS) is 12.9. The molecule has 2 heterocycles. The van der Waals surface area contributed by atoms with Crippen molar-refractivity contribution >= 4 is 34.9 Å². The van der Waals surface area contributed by atoms with Crippen LogP contribution in [-0.2, 0) is 16.0 Å². The van der Waals surface area contributed by atoms with Gasteiger partial charge in [-0.05, 0) is 36.6 Å². The van der Waals surface area contributed by atoms with Crippen molar-refractivity contribution in [3.63, 3.8) is 0 Å². The Morgan fingerprint density at radius 1 is 1.22 bits per heavy atom. The van der Waals surface area contributed by atoms with E-state index in [0.717, 1.165) is 5.56 Å². The third kappa shape index (κ3) is 5.31. The van der Waals surface area contributed by atoms with E-state index < -0.39 is 23.9 Å². The van der Waals surface area contributed by atoms with Crippen LogP contribution in [0.25, 0.3) is 11.1 Å². The minimum Gasteiger partial charge on any atom is -0.481 e. The fraction of sp³-hybridized carbons (Fsp3) is 0.286. The van der Waals surface area contributed by atoms with Crippen molar-refractivity contribution in [3.8, 4) is 0 Å². The minimum absolute atomic E-state index is 0.0296. The molecule has 11 heteroatoms. The first-order valence-electron chi connectivity index (χ1n) is 9.77. The van der Waals surface area contributed by atoms with Gasteiger partial charge in [0.1, 0.15) is 17.2 Å². The summed E-state index contributed by atoms with van der Waals surface area (Å²) in [7, 11) is 0. The molecule has 0 aliphatic heterocycles. The van der Waals surface area contributed by atoms with Crippen molar-refractivity contribution in [1.29, 1.82) is 0 Å². The number of nitrogen functional groups attached to an aromatic ring is 1. The first-order valence-corrected chi connectivity index (χ1v) is 9.77. The van der Waals surface area contributed by atoms with Gasteiger partial charge in [0.05, 0.1) is 0 Å². The van der Waals surface area contributed by atoms with Crippen LogP contribution in [0.2, 0.25) is 0 Å². The summed E-state index contributed by atoms with van der Waals surface area (Å²) in [6.07, 6.45) is -0.0395. The van der Waals surface area contributed by atoms with E-state index >= 15 is 0 Å². The summed E-state index contributed by atoms with van der Waals surface area (Å²) in [6, 6.07) is 6.89. The number of aromatic amines is 1. The van der Waals surface area contributed by atoms with Crippen molar-refractivity contribution in [2.45, 2.75) is 38.1 Å². The summed E-state index contributed by atoms with van der Waals surface area (Å²) in [5.41, 5.74) is 6.45.